The molecule has 1 atom stereocenters. The lowest BCUT2D eigenvalue weighted by Gasteiger charge is -2.12. The van der Waals surface area contributed by atoms with Crippen molar-refractivity contribution in [3.63, 3.8) is 0 Å². The minimum absolute atomic E-state index is 0.611. The lowest BCUT2D eigenvalue weighted by molar-refractivity contribution is 0.220. The summed E-state index contributed by atoms with van der Waals surface area (Å²) >= 11 is 5.91. The van der Waals surface area contributed by atoms with Crippen LogP contribution in [-0.2, 0) is 6.42 Å². The standard InChI is InChI=1S/C15H15ClO/c1-2-11-6-8-12(9-7-11)15(17)13-4-3-5-14(16)10-13/h3-10,15,17H,2H2,1H3. The van der Waals surface area contributed by atoms with Gasteiger partial charge in [0.15, 0.2) is 0 Å². The average Bonchev–Trinajstić information content (AvgIpc) is 2.38. The van der Waals surface area contributed by atoms with Gasteiger partial charge in [0.05, 0.1) is 0 Å². The summed E-state index contributed by atoms with van der Waals surface area (Å²) in [5.41, 5.74) is 2.98. The molecule has 0 heterocycles. The molecule has 2 aromatic carbocycles. The lowest BCUT2D eigenvalue weighted by Crippen LogP contribution is -1.99. The molecule has 2 rings (SSSR count). The number of hydrogen-bond donors (Lipinski definition) is 1. The largest absolute Gasteiger partial charge is 0.384 e. The molecule has 0 saturated heterocycles. The van der Waals surface area contributed by atoms with E-state index in [0.29, 0.717) is 5.02 Å². The van der Waals surface area contributed by atoms with Gasteiger partial charge in [-0.05, 0) is 35.2 Å². The summed E-state index contributed by atoms with van der Waals surface area (Å²) < 4.78 is 0. The first-order valence-corrected chi connectivity index (χ1v) is 6.11. The number of aliphatic hydroxyl groups is 1. The molecular formula is C15H15ClO. The molecule has 0 aliphatic heterocycles. The van der Waals surface area contributed by atoms with Crippen molar-refractivity contribution in [2.75, 3.05) is 0 Å². The maximum atomic E-state index is 10.2. The van der Waals surface area contributed by atoms with Crippen molar-refractivity contribution in [1.82, 2.24) is 0 Å². The topological polar surface area (TPSA) is 20.2 Å². The van der Waals surface area contributed by atoms with Gasteiger partial charge in [-0.15, -0.1) is 0 Å². The van der Waals surface area contributed by atoms with Crippen LogP contribution < -0.4 is 0 Å². The van der Waals surface area contributed by atoms with Gasteiger partial charge in [0.2, 0.25) is 0 Å². The van der Waals surface area contributed by atoms with Crippen LogP contribution in [-0.4, -0.2) is 5.11 Å². The molecule has 17 heavy (non-hydrogen) atoms. The van der Waals surface area contributed by atoms with Crippen molar-refractivity contribution in [3.8, 4) is 0 Å². The Hall–Kier alpha value is -1.31. The van der Waals surface area contributed by atoms with E-state index >= 15 is 0 Å². The zero-order valence-electron chi connectivity index (χ0n) is 9.73. The number of benzene rings is 2. The number of aryl methyl sites for hydroxylation is 1. The Labute approximate surface area is 107 Å². The van der Waals surface area contributed by atoms with Crippen LogP contribution in [0.4, 0.5) is 0 Å². The van der Waals surface area contributed by atoms with Gasteiger partial charge in [0.25, 0.3) is 0 Å². The quantitative estimate of drug-likeness (QED) is 0.869. The second kappa shape index (κ2) is 5.35. The third kappa shape index (κ3) is 2.87. The third-order valence-corrected chi connectivity index (χ3v) is 3.10. The molecule has 1 nitrogen and oxygen atoms in total. The van der Waals surface area contributed by atoms with E-state index in [1.165, 1.54) is 5.56 Å². The number of aliphatic hydroxyl groups excluding tert-OH is 1. The molecule has 0 spiro atoms. The molecule has 0 amide bonds. The van der Waals surface area contributed by atoms with Crippen LogP contribution in [0.2, 0.25) is 5.02 Å². The molecular weight excluding hydrogens is 232 g/mol. The van der Waals surface area contributed by atoms with Gasteiger partial charge < -0.3 is 5.11 Å². The van der Waals surface area contributed by atoms with Crippen molar-refractivity contribution in [3.05, 3.63) is 70.2 Å². The Morgan fingerprint density at radius 2 is 1.76 bits per heavy atom. The summed E-state index contributed by atoms with van der Waals surface area (Å²) in [6, 6.07) is 15.3. The SMILES string of the molecule is CCc1ccc(C(O)c2cccc(Cl)c2)cc1. The first-order valence-electron chi connectivity index (χ1n) is 5.73. The van der Waals surface area contributed by atoms with Crippen molar-refractivity contribution >= 4 is 11.6 Å². The van der Waals surface area contributed by atoms with Gasteiger partial charge in [0, 0.05) is 5.02 Å². The molecule has 0 bridgehead atoms. The highest BCUT2D eigenvalue weighted by Gasteiger charge is 2.10. The van der Waals surface area contributed by atoms with E-state index in [2.05, 4.69) is 6.92 Å². The molecule has 0 aliphatic carbocycles. The predicted octanol–water partition coefficient (Wildman–Crippen LogP) is 3.98. The van der Waals surface area contributed by atoms with E-state index < -0.39 is 6.10 Å². The van der Waals surface area contributed by atoms with Crippen LogP contribution in [0.5, 0.6) is 0 Å². The van der Waals surface area contributed by atoms with Gasteiger partial charge in [-0.2, -0.15) is 0 Å². The molecule has 1 unspecified atom stereocenters. The van der Waals surface area contributed by atoms with Crippen LogP contribution >= 0.6 is 11.6 Å². The van der Waals surface area contributed by atoms with Crippen LogP contribution in [0.25, 0.3) is 0 Å². The van der Waals surface area contributed by atoms with Gasteiger partial charge in [-0.1, -0.05) is 54.9 Å². The van der Waals surface area contributed by atoms with E-state index in [9.17, 15) is 5.11 Å². The van der Waals surface area contributed by atoms with Gasteiger partial charge in [-0.25, -0.2) is 0 Å². The van der Waals surface area contributed by atoms with E-state index in [1.54, 1.807) is 12.1 Å². The molecule has 2 aromatic rings. The smallest absolute Gasteiger partial charge is 0.104 e. The highest BCUT2D eigenvalue weighted by Crippen LogP contribution is 2.24. The molecule has 0 fully saturated rings. The molecule has 0 saturated carbocycles. The average molecular weight is 247 g/mol. The number of hydrogen-bond acceptors (Lipinski definition) is 1. The maximum absolute atomic E-state index is 10.2. The second-order valence-electron chi connectivity index (χ2n) is 4.05. The Morgan fingerprint density at radius 3 is 2.35 bits per heavy atom. The normalized spacial score (nSPS) is 12.4. The second-order valence-corrected chi connectivity index (χ2v) is 4.49. The van der Waals surface area contributed by atoms with Crippen LogP contribution in [0, 0.1) is 0 Å². The minimum Gasteiger partial charge on any atom is -0.384 e. The summed E-state index contributed by atoms with van der Waals surface area (Å²) in [6.07, 6.45) is 0.396. The van der Waals surface area contributed by atoms with Crippen molar-refractivity contribution in [1.29, 1.82) is 0 Å². The minimum atomic E-state index is -0.611. The van der Waals surface area contributed by atoms with Gasteiger partial charge >= 0.3 is 0 Å². The molecule has 0 radical (unpaired) electrons. The number of rotatable bonds is 3. The Bertz CT molecular complexity index is 491. The summed E-state index contributed by atoms with van der Waals surface area (Å²) in [4.78, 5) is 0. The first kappa shape index (κ1) is 12.2. The fourth-order valence-corrected chi connectivity index (χ4v) is 2.00. The summed E-state index contributed by atoms with van der Waals surface area (Å²) in [6.45, 7) is 2.11. The number of halogens is 1. The molecule has 1 N–H and O–H groups in total. The zero-order chi connectivity index (χ0) is 12.3. The summed E-state index contributed by atoms with van der Waals surface area (Å²) in [5.74, 6) is 0. The fraction of sp³-hybridized carbons (Fsp3) is 0.200. The van der Waals surface area contributed by atoms with Crippen molar-refractivity contribution in [2.24, 2.45) is 0 Å². The predicted molar refractivity (Wildman–Crippen MR) is 71.3 cm³/mol. The summed E-state index contributed by atoms with van der Waals surface area (Å²) in [5, 5.41) is 10.9. The van der Waals surface area contributed by atoms with Crippen LogP contribution in [0.3, 0.4) is 0 Å². The molecule has 0 aliphatic rings. The maximum Gasteiger partial charge on any atom is 0.104 e. The van der Waals surface area contributed by atoms with E-state index in [4.69, 9.17) is 11.6 Å². The monoisotopic (exact) mass is 246 g/mol. The van der Waals surface area contributed by atoms with Crippen LogP contribution in [0.1, 0.15) is 29.7 Å². The van der Waals surface area contributed by atoms with Crippen LogP contribution in [0.15, 0.2) is 48.5 Å². The molecule has 0 aromatic heterocycles. The Kier molecular flexibility index (Phi) is 3.82. The first-order chi connectivity index (χ1) is 8.20. The Balaban J connectivity index is 2.27. The van der Waals surface area contributed by atoms with E-state index in [1.807, 2.05) is 36.4 Å². The van der Waals surface area contributed by atoms with Gasteiger partial charge in [0.1, 0.15) is 6.10 Å². The van der Waals surface area contributed by atoms with Gasteiger partial charge in [-0.3, -0.25) is 0 Å². The van der Waals surface area contributed by atoms with Crippen molar-refractivity contribution in [2.45, 2.75) is 19.4 Å². The molecule has 88 valence electrons. The fourth-order valence-electron chi connectivity index (χ4n) is 1.80. The highest BCUT2D eigenvalue weighted by atomic mass is 35.5. The lowest BCUT2D eigenvalue weighted by atomic mass is 10.00. The third-order valence-electron chi connectivity index (χ3n) is 2.87. The zero-order valence-corrected chi connectivity index (χ0v) is 10.5. The summed E-state index contributed by atoms with van der Waals surface area (Å²) in [7, 11) is 0. The van der Waals surface area contributed by atoms with E-state index in [-0.39, 0.29) is 0 Å². The van der Waals surface area contributed by atoms with Crippen molar-refractivity contribution < 1.29 is 5.11 Å². The highest BCUT2D eigenvalue weighted by molar-refractivity contribution is 6.30. The Morgan fingerprint density at radius 1 is 1.06 bits per heavy atom. The molecule has 2 heteroatoms. The van der Waals surface area contributed by atoms with E-state index in [0.717, 1.165) is 17.5 Å².